The van der Waals surface area contributed by atoms with Gasteiger partial charge in [-0.3, -0.25) is 4.72 Å². The number of hydrogen-bond donors (Lipinski definition) is 2. The van der Waals surface area contributed by atoms with Crippen molar-refractivity contribution in [3.8, 4) is 0 Å². The fourth-order valence-corrected chi connectivity index (χ4v) is 2.07. The summed E-state index contributed by atoms with van der Waals surface area (Å²) in [5, 5.41) is 2.50. The third-order valence-corrected chi connectivity index (χ3v) is 3.47. The third kappa shape index (κ3) is 5.20. The first-order chi connectivity index (χ1) is 9.34. The minimum Gasteiger partial charge on any atom is -0.337 e. The Balaban J connectivity index is 2.58. The Labute approximate surface area is 117 Å². The molecule has 8 heteroatoms. The Morgan fingerprint density at radius 1 is 1.25 bits per heavy atom. The highest BCUT2D eigenvalue weighted by atomic mass is 32.2. The van der Waals surface area contributed by atoms with Crippen molar-refractivity contribution in [1.29, 1.82) is 0 Å². The maximum Gasteiger partial charge on any atom is 0.416 e. The Morgan fingerprint density at radius 3 is 2.35 bits per heavy atom. The Hall–Kier alpha value is -1.57. The minimum atomic E-state index is -4.44. The lowest BCUT2D eigenvalue weighted by atomic mass is 10.2. The predicted octanol–water partition coefficient (Wildman–Crippen LogP) is 2.83. The fraction of sp³-hybridized carbons (Fsp3) is 0.417. The number of benzene rings is 1. The summed E-state index contributed by atoms with van der Waals surface area (Å²) in [6.07, 6.45) is -2.74. The molecule has 112 valence electrons. The van der Waals surface area contributed by atoms with Crippen molar-refractivity contribution in [3.05, 3.63) is 29.8 Å². The summed E-state index contributed by atoms with van der Waals surface area (Å²) in [5.74, 6) is 0. The van der Waals surface area contributed by atoms with E-state index in [-0.39, 0.29) is 4.90 Å². The van der Waals surface area contributed by atoms with E-state index in [1.165, 1.54) is 0 Å². The van der Waals surface area contributed by atoms with Crippen LogP contribution in [0.2, 0.25) is 0 Å². The second kappa shape index (κ2) is 7.28. The van der Waals surface area contributed by atoms with Crippen molar-refractivity contribution >= 4 is 17.0 Å². The number of rotatable bonds is 5. The summed E-state index contributed by atoms with van der Waals surface area (Å²) in [5.41, 5.74) is -0.828. The molecule has 0 bridgehead atoms. The van der Waals surface area contributed by atoms with E-state index in [2.05, 4.69) is 10.0 Å². The summed E-state index contributed by atoms with van der Waals surface area (Å²) in [7, 11) is -1.88. The van der Waals surface area contributed by atoms with Crippen molar-refractivity contribution in [2.24, 2.45) is 0 Å². The molecule has 0 heterocycles. The van der Waals surface area contributed by atoms with Crippen molar-refractivity contribution in [1.82, 2.24) is 10.0 Å². The number of nitrogens with one attached hydrogen (secondary N) is 2. The van der Waals surface area contributed by atoms with Gasteiger partial charge in [-0.1, -0.05) is 13.3 Å². The maximum absolute atomic E-state index is 12.3. The van der Waals surface area contributed by atoms with E-state index < -0.39 is 28.8 Å². The Kier molecular flexibility index (Phi) is 6.00. The van der Waals surface area contributed by atoms with E-state index >= 15 is 0 Å². The SMILES string of the molecule is CCCCNC(=O)NS(=O)c1ccc(C(F)(F)F)cc1. The molecule has 0 saturated heterocycles. The highest BCUT2D eigenvalue weighted by Crippen LogP contribution is 2.29. The molecule has 1 rings (SSSR count). The number of carbonyl (C=O) groups is 1. The van der Waals surface area contributed by atoms with Crippen molar-refractivity contribution < 1.29 is 22.2 Å². The average Bonchev–Trinajstić information content (AvgIpc) is 2.38. The second-order valence-electron chi connectivity index (χ2n) is 4.00. The zero-order valence-corrected chi connectivity index (χ0v) is 11.6. The average molecular weight is 308 g/mol. The molecular weight excluding hydrogens is 293 g/mol. The largest absolute Gasteiger partial charge is 0.416 e. The molecule has 0 saturated carbocycles. The first kappa shape index (κ1) is 16.5. The number of hydrogen-bond acceptors (Lipinski definition) is 2. The zero-order valence-electron chi connectivity index (χ0n) is 10.8. The van der Waals surface area contributed by atoms with Gasteiger partial charge in [0, 0.05) is 6.54 Å². The van der Waals surface area contributed by atoms with E-state index in [0.29, 0.717) is 6.54 Å². The molecule has 2 N–H and O–H groups in total. The normalized spacial score (nSPS) is 12.8. The number of carbonyl (C=O) groups excluding carboxylic acids is 1. The molecule has 2 amide bonds. The van der Waals surface area contributed by atoms with Gasteiger partial charge in [-0.15, -0.1) is 0 Å². The molecule has 0 spiro atoms. The lowest BCUT2D eigenvalue weighted by Crippen LogP contribution is -2.37. The first-order valence-corrected chi connectivity index (χ1v) is 7.13. The van der Waals surface area contributed by atoms with Gasteiger partial charge >= 0.3 is 12.2 Å². The highest BCUT2D eigenvalue weighted by molar-refractivity contribution is 7.83. The lowest BCUT2D eigenvalue weighted by Gasteiger charge is -2.09. The highest BCUT2D eigenvalue weighted by Gasteiger charge is 2.30. The van der Waals surface area contributed by atoms with Gasteiger partial charge in [-0.2, -0.15) is 13.2 Å². The van der Waals surface area contributed by atoms with Crippen LogP contribution in [0.4, 0.5) is 18.0 Å². The summed E-state index contributed by atoms with van der Waals surface area (Å²) >= 11 is 0. The molecule has 1 atom stereocenters. The summed E-state index contributed by atoms with van der Waals surface area (Å²) in [6, 6.07) is 3.18. The molecule has 0 aliphatic carbocycles. The smallest absolute Gasteiger partial charge is 0.337 e. The topological polar surface area (TPSA) is 58.2 Å². The quantitative estimate of drug-likeness (QED) is 0.822. The van der Waals surface area contributed by atoms with Crippen LogP contribution in [0.3, 0.4) is 0 Å². The van der Waals surface area contributed by atoms with Gasteiger partial charge in [0.1, 0.15) is 0 Å². The van der Waals surface area contributed by atoms with E-state index in [4.69, 9.17) is 0 Å². The van der Waals surface area contributed by atoms with Crippen LogP contribution in [0, 0.1) is 0 Å². The van der Waals surface area contributed by atoms with Gasteiger partial charge < -0.3 is 5.32 Å². The zero-order chi connectivity index (χ0) is 15.2. The number of alkyl halides is 3. The van der Waals surface area contributed by atoms with Gasteiger partial charge in [-0.25, -0.2) is 9.00 Å². The van der Waals surface area contributed by atoms with Crippen molar-refractivity contribution in [3.63, 3.8) is 0 Å². The number of unbranched alkanes of at least 4 members (excludes halogenated alkanes) is 1. The van der Waals surface area contributed by atoms with Gasteiger partial charge in [0.25, 0.3) is 0 Å². The van der Waals surface area contributed by atoms with Crippen LogP contribution in [0.5, 0.6) is 0 Å². The molecule has 20 heavy (non-hydrogen) atoms. The monoisotopic (exact) mass is 308 g/mol. The second-order valence-corrected chi connectivity index (χ2v) is 5.22. The molecule has 1 aromatic rings. The van der Waals surface area contributed by atoms with Gasteiger partial charge in [-0.05, 0) is 30.7 Å². The first-order valence-electron chi connectivity index (χ1n) is 5.98. The fourth-order valence-electron chi connectivity index (χ4n) is 1.33. The van der Waals surface area contributed by atoms with Crippen LogP contribution in [0.25, 0.3) is 0 Å². The molecule has 0 fully saturated rings. The summed E-state index contributed by atoms with van der Waals surface area (Å²) < 4.78 is 50.9. The molecule has 0 aromatic heterocycles. The standard InChI is InChI=1S/C12H15F3N2O2S/c1-2-3-8-16-11(18)17-20(19)10-6-4-9(5-7-10)12(13,14)15/h4-7H,2-3,8H2,1H3,(H2,16,17,18). The Bertz CT molecular complexity index is 475. The van der Waals surface area contributed by atoms with Gasteiger partial charge in [0.2, 0.25) is 0 Å². The van der Waals surface area contributed by atoms with Crippen molar-refractivity contribution in [2.75, 3.05) is 6.54 Å². The number of urea groups is 1. The molecule has 0 aliphatic heterocycles. The van der Waals surface area contributed by atoms with Crippen LogP contribution < -0.4 is 10.0 Å². The van der Waals surface area contributed by atoms with E-state index in [9.17, 15) is 22.2 Å². The molecule has 1 unspecified atom stereocenters. The van der Waals surface area contributed by atoms with Crippen LogP contribution in [0.15, 0.2) is 29.2 Å². The molecular formula is C12H15F3N2O2S. The van der Waals surface area contributed by atoms with Crippen LogP contribution in [0.1, 0.15) is 25.3 Å². The molecule has 0 radical (unpaired) electrons. The Morgan fingerprint density at radius 2 is 1.85 bits per heavy atom. The van der Waals surface area contributed by atoms with E-state index in [1.54, 1.807) is 0 Å². The van der Waals surface area contributed by atoms with E-state index in [1.807, 2.05) is 6.92 Å². The maximum atomic E-state index is 12.3. The van der Waals surface area contributed by atoms with Crippen LogP contribution in [-0.4, -0.2) is 16.8 Å². The summed E-state index contributed by atoms with van der Waals surface area (Å²) in [4.78, 5) is 11.4. The molecule has 0 aliphatic rings. The van der Waals surface area contributed by atoms with Crippen molar-refractivity contribution in [2.45, 2.75) is 30.8 Å². The van der Waals surface area contributed by atoms with Crippen LogP contribution >= 0.6 is 0 Å². The number of halogens is 3. The predicted molar refractivity (Wildman–Crippen MR) is 69.3 cm³/mol. The molecule has 1 aromatic carbocycles. The summed E-state index contributed by atoms with van der Waals surface area (Å²) in [6.45, 7) is 2.41. The third-order valence-electron chi connectivity index (χ3n) is 2.40. The van der Waals surface area contributed by atoms with Gasteiger partial charge in [0.15, 0.2) is 11.0 Å². The lowest BCUT2D eigenvalue weighted by molar-refractivity contribution is -0.137. The van der Waals surface area contributed by atoms with Crippen LogP contribution in [-0.2, 0) is 17.2 Å². The molecule has 4 nitrogen and oxygen atoms in total. The number of amides is 2. The minimum absolute atomic E-state index is 0.101. The van der Waals surface area contributed by atoms with E-state index in [0.717, 1.165) is 37.1 Å². The van der Waals surface area contributed by atoms with Gasteiger partial charge in [0.05, 0.1) is 10.5 Å².